The molecule has 0 amide bonds. The standard InChI is InChI=1S/C11H12N2O3/c1-13-11(15)9(10(14)12-13)7-3-5-8(16-2)6-4-7/h3-6,15H,1-2H3,(H,12,14). The number of ether oxygens (including phenoxy) is 1. The average Bonchev–Trinajstić information content (AvgIpc) is 2.54. The lowest BCUT2D eigenvalue weighted by atomic mass is 10.1. The van der Waals surface area contributed by atoms with Gasteiger partial charge in [-0.05, 0) is 17.7 Å². The lowest BCUT2D eigenvalue weighted by Gasteiger charge is -2.01. The monoisotopic (exact) mass is 220 g/mol. The van der Waals surface area contributed by atoms with E-state index in [1.54, 1.807) is 38.4 Å². The van der Waals surface area contributed by atoms with Gasteiger partial charge in [-0.1, -0.05) is 12.1 Å². The van der Waals surface area contributed by atoms with Crippen LogP contribution in [0.4, 0.5) is 0 Å². The fourth-order valence-corrected chi connectivity index (χ4v) is 1.55. The number of aryl methyl sites for hydroxylation is 1. The van der Waals surface area contributed by atoms with Crippen LogP contribution in [-0.4, -0.2) is 22.0 Å². The Balaban J connectivity index is 2.54. The molecule has 0 spiro atoms. The molecule has 0 fully saturated rings. The third kappa shape index (κ3) is 1.56. The number of aromatic nitrogens is 2. The summed E-state index contributed by atoms with van der Waals surface area (Å²) in [5.74, 6) is 0.630. The molecular formula is C11H12N2O3. The van der Waals surface area contributed by atoms with Crippen molar-refractivity contribution in [1.82, 2.24) is 9.78 Å². The first-order chi connectivity index (χ1) is 7.63. The highest BCUT2D eigenvalue weighted by atomic mass is 16.5. The molecule has 1 heterocycles. The highest BCUT2D eigenvalue weighted by molar-refractivity contribution is 5.68. The second kappa shape index (κ2) is 3.77. The molecule has 2 aromatic rings. The molecule has 16 heavy (non-hydrogen) atoms. The van der Waals surface area contributed by atoms with Crippen molar-refractivity contribution in [3.05, 3.63) is 34.6 Å². The minimum absolute atomic E-state index is 0.0739. The number of benzene rings is 1. The Morgan fingerprint density at radius 3 is 2.38 bits per heavy atom. The van der Waals surface area contributed by atoms with Gasteiger partial charge in [0.15, 0.2) is 0 Å². The zero-order valence-corrected chi connectivity index (χ0v) is 9.02. The first-order valence-corrected chi connectivity index (χ1v) is 4.76. The number of hydrogen-bond acceptors (Lipinski definition) is 3. The number of nitrogens with one attached hydrogen (secondary N) is 1. The zero-order valence-electron chi connectivity index (χ0n) is 9.02. The maximum atomic E-state index is 11.5. The molecule has 0 radical (unpaired) electrons. The van der Waals surface area contributed by atoms with Gasteiger partial charge in [-0.2, -0.15) is 0 Å². The van der Waals surface area contributed by atoms with Crippen molar-refractivity contribution < 1.29 is 9.84 Å². The maximum absolute atomic E-state index is 11.5. The van der Waals surface area contributed by atoms with Crippen molar-refractivity contribution in [1.29, 1.82) is 0 Å². The Hall–Kier alpha value is -2.17. The largest absolute Gasteiger partial charge is 0.497 e. The molecule has 0 atom stereocenters. The van der Waals surface area contributed by atoms with Gasteiger partial charge in [0.25, 0.3) is 5.56 Å². The Kier molecular flexibility index (Phi) is 2.44. The molecule has 2 N–H and O–H groups in total. The smallest absolute Gasteiger partial charge is 0.275 e. The molecule has 5 nitrogen and oxygen atoms in total. The number of nitrogens with zero attached hydrogens (tertiary/aromatic N) is 1. The quantitative estimate of drug-likeness (QED) is 0.796. The SMILES string of the molecule is COc1ccc(-c2c(O)n(C)[nH]c2=O)cc1. The summed E-state index contributed by atoms with van der Waals surface area (Å²) in [4.78, 5) is 11.5. The average molecular weight is 220 g/mol. The molecule has 0 bridgehead atoms. The first kappa shape index (κ1) is 10.4. The summed E-state index contributed by atoms with van der Waals surface area (Å²) in [7, 11) is 3.14. The van der Waals surface area contributed by atoms with E-state index in [1.807, 2.05) is 0 Å². The summed E-state index contributed by atoms with van der Waals surface area (Å²) in [6, 6.07) is 6.93. The Morgan fingerprint density at radius 1 is 1.31 bits per heavy atom. The van der Waals surface area contributed by atoms with Crippen LogP contribution >= 0.6 is 0 Å². The number of H-pyrrole nitrogens is 1. The first-order valence-electron chi connectivity index (χ1n) is 4.76. The van der Waals surface area contributed by atoms with Gasteiger partial charge >= 0.3 is 0 Å². The van der Waals surface area contributed by atoms with Crippen molar-refractivity contribution in [3.63, 3.8) is 0 Å². The van der Waals surface area contributed by atoms with Crippen molar-refractivity contribution in [3.8, 4) is 22.8 Å². The second-order valence-electron chi connectivity index (χ2n) is 3.43. The van der Waals surface area contributed by atoms with Crippen LogP contribution in [-0.2, 0) is 7.05 Å². The summed E-state index contributed by atoms with van der Waals surface area (Å²) in [6.45, 7) is 0. The molecule has 0 unspecified atom stereocenters. The van der Waals surface area contributed by atoms with Crippen LogP contribution in [0.3, 0.4) is 0 Å². The van der Waals surface area contributed by atoms with Crippen molar-refractivity contribution >= 4 is 0 Å². The van der Waals surface area contributed by atoms with E-state index in [0.29, 0.717) is 11.3 Å². The fraction of sp³-hybridized carbons (Fsp3) is 0.182. The van der Waals surface area contributed by atoms with E-state index in [2.05, 4.69) is 5.10 Å². The molecular weight excluding hydrogens is 208 g/mol. The number of hydrogen-bond donors (Lipinski definition) is 2. The molecule has 0 aliphatic heterocycles. The Morgan fingerprint density at radius 2 is 1.94 bits per heavy atom. The second-order valence-corrected chi connectivity index (χ2v) is 3.43. The lowest BCUT2D eigenvalue weighted by Crippen LogP contribution is -2.03. The fourth-order valence-electron chi connectivity index (χ4n) is 1.55. The minimum atomic E-state index is -0.315. The molecule has 1 aromatic carbocycles. The Labute approximate surface area is 91.9 Å². The molecule has 5 heteroatoms. The lowest BCUT2D eigenvalue weighted by molar-refractivity contribution is 0.414. The van der Waals surface area contributed by atoms with Gasteiger partial charge in [-0.25, -0.2) is 0 Å². The molecule has 0 saturated heterocycles. The summed E-state index contributed by atoms with van der Waals surface area (Å²) in [5, 5.41) is 12.2. The molecule has 0 aliphatic rings. The van der Waals surface area contributed by atoms with Gasteiger partial charge in [-0.15, -0.1) is 0 Å². The van der Waals surface area contributed by atoms with E-state index >= 15 is 0 Å². The van der Waals surface area contributed by atoms with Crippen LogP contribution in [0, 0.1) is 0 Å². The molecule has 2 rings (SSSR count). The van der Waals surface area contributed by atoms with Crippen molar-refractivity contribution in [2.75, 3.05) is 7.11 Å². The van der Waals surface area contributed by atoms with E-state index < -0.39 is 0 Å². The topological polar surface area (TPSA) is 67.2 Å². The van der Waals surface area contributed by atoms with E-state index in [9.17, 15) is 9.90 Å². The van der Waals surface area contributed by atoms with E-state index in [1.165, 1.54) is 4.68 Å². The van der Waals surface area contributed by atoms with Gasteiger partial charge in [0.2, 0.25) is 5.88 Å². The molecule has 1 aromatic heterocycles. The third-order valence-corrected chi connectivity index (χ3v) is 2.42. The summed E-state index contributed by atoms with van der Waals surface area (Å²) in [6.07, 6.45) is 0. The van der Waals surface area contributed by atoms with E-state index in [-0.39, 0.29) is 17.0 Å². The van der Waals surface area contributed by atoms with Crippen LogP contribution < -0.4 is 10.3 Å². The zero-order chi connectivity index (χ0) is 11.7. The van der Waals surface area contributed by atoms with Crippen LogP contribution in [0.5, 0.6) is 11.6 Å². The summed E-state index contributed by atoms with van der Waals surface area (Å²) in [5.41, 5.74) is 0.607. The van der Waals surface area contributed by atoms with Crippen LogP contribution in [0.15, 0.2) is 29.1 Å². The van der Waals surface area contributed by atoms with Crippen molar-refractivity contribution in [2.24, 2.45) is 7.05 Å². The van der Waals surface area contributed by atoms with Gasteiger partial charge < -0.3 is 9.84 Å². The Bertz CT molecular complexity index is 552. The molecule has 0 saturated carbocycles. The van der Waals surface area contributed by atoms with Gasteiger partial charge in [0.1, 0.15) is 11.3 Å². The number of rotatable bonds is 2. The predicted octanol–water partition coefficient (Wildman–Crippen LogP) is 1.09. The van der Waals surface area contributed by atoms with Crippen LogP contribution in [0.25, 0.3) is 11.1 Å². The van der Waals surface area contributed by atoms with E-state index in [4.69, 9.17) is 4.74 Å². The highest BCUT2D eigenvalue weighted by Gasteiger charge is 2.13. The van der Waals surface area contributed by atoms with Gasteiger partial charge in [0, 0.05) is 7.05 Å². The molecule has 0 aliphatic carbocycles. The summed E-state index contributed by atoms with van der Waals surface area (Å²) >= 11 is 0. The minimum Gasteiger partial charge on any atom is -0.497 e. The predicted molar refractivity (Wildman–Crippen MR) is 59.7 cm³/mol. The summed E-state index contributed by atoms with van der Waals surface area (Å²) < 4.78 is 6.30. The normalized spacial score (nSPS) is 10.4. The van der Waals surface area contributed by atoms with Crippen LogP contribution in [0.1, 0.15) is 0 Å². The number of aromatic hydroxyl groups is 1. The van der Waals surface area contributed by atoms with Crippen molar-refractivity contribution in [2.45, 2.75) is 0 Å². The third-order valence-electron chi connectivity index (χ3n) is 2.42. The highest BCUT2D eigenvalue weighted by Crippen LogP contribution is 2.26. The van der Waals surface area contributed by atoms with Gasteiger partial charge in [0.05, 0.1) is 7.11 Å². The van der Waals surface area contributed by atoms with E-state index in [0.717, 1.165) is 0 Å². The van der Waals surface area contributed by atoms with Crippen LogP contribution in [0.2, 0.25) is 0 Å². The number of methoxy groups -OCH3 is 1. The van der Waals surface area contributed by atoms with Gasteiger partial charge in [-0.3, -0.25) is 14.6 Å². The molecule has 84 valence electrons. The maximum Gasteiger partial charge on any atom is 0.275 e. The number of aromatic amines is 1.